The molecule has 3 heterocycles. The molecule has 0 aliphatic rings. The second-order valence-electron chi connectivity index (χ2n) is 8.96. The highest BCUT2D eigenvalue weighted by Gasteiger charge is 2.19. The second kappa shape index (κ2) is 7.50. The van der Waals surface area contributed by atoms with Gasteiger partial charge in [-0.25, -0.2) is 15.0 Å². The summed E-state index contributed by atoms with van der Waals surface area (Å²) < 4.78 is 4.52. The quantitative estimate of drug-likeness (QED) is 0.287. The Morgan fingerprint density at radius 1 is 0.686 bits per heavy atom. The van der Waals surface area contributed by atoms with Crippen molar-refractivity contribution in [3.8, 4) is 17.1 Å². The minimum Gasteiger partial charge on any atom is -0.341 e. The lowest BCUT2D eigenvalue weighted by molar-refractivity contribution is 0.827. The zero-order valence-electron chi connectivity index (χ0n) is 19.6. The number of rotatable bonds is 3. The average Bonchev–Trinajstić information content (AvgIpc) is 3.42. The molecule has 3 aromatic heterocycles. The first-order valence-corrected chi connectivity index (χ1v) is 11.9. The van der Waals surface area contributed by atoms with Crippen molar-refractivity contribution in [3.05, 3.63) is 96.6 Å². The monoisotopic (exact) mass is 453 g/mol. The van der Waals surface area contributed by atoms with Crippen LogP contribution in [0.25, 0.3) is 61.2 Å². The molecule has 0 N–H and O–H groups in total. The van der Waals surface area contributed by atoms with Gasteiger partial charge in [0.1, 0.15) is 5.82 Å². The lowest BCUT2D eigenvalue weighted by Crippen LogP contribution is -2.00. The molecule has 0 amide bonds. The van der Waals surface area contributed by atoms with Gasteiger partial charge in [-0.15, -0.1) is 0 Å². The number of fused-ring (bicyclic) bond motifs is 5. The van der Waals surface area contributed by atoms with Gasteiger partial charge in [0.2, 0.25) is 0 Å². The van der Waals surface area contributed by atoms with Crippen LogP contribution < -0.4 is 0 Å². The largest absolute Gasteiger partial charge is 0.341 e. The standard InChI is InChI=1S/C30H23N5/c1-3-34-26-11-7-4-8-22(26)23-18-21(16-17-27(23)34)35-29(20-14-12-19(2)13-15-20)33-28-30(35)32-25-10-6-5-9-24(25)31-28/h4-18H,3H2,1-2H3. The van der Waals surface area contributed by atoms with Gasteiger partial charge in [-0.2, -0.15) is 0 Å². The molecule has 0 saturated carbocycles. The SMILES string of the molecule is CCn1c2ccccc2c2cc(-n3c(-c4ccc(C)cc4)nc4nc5ccccc5nc43)ccc21. The van der Waals surface area contributed by atoms with E-state index in [0.29, 0.717) is 5.65 Å². The maximum atomic E-state index is 5.01. The molecule has 0 fully saturated rings. The first kappa shape index (κ1) is 19.9. The van der Waals surface area contributed by atoms with Gasteiger partial charge in [-0.3, -0.25) is 4.57 Å². The van der Waals surface area contributed by atoms with Crippen LogP contribution in [0.5, 0.6) is 0 Å². The Kier molecular flexibility index (Phi) is 4.27. The first-order valence-electron chi connectivity index (χ1n) is 11.9. The molecule has 0 aliphatic heterocycles. The number of para-hydroxylation sites is 3. The number of aryl methyl sites for hydroxylation is 2. The number of aromatic nitrogens is 5. The van der Waals surface area contributed by atoms with Gasteiger partial charge < -0.3 is 4.57 Å². The number of hydrogen-bond acceptors (Lipinski definition) is 3. The fourth-order valence-electron chi connectivity index (χ4n) is 5.12. The van der Waals surface area contributed by atoms with Crippen LogP contribution in [-0.2, 0) is 6.54 Å². The van der Waals surface area contributed by atoms with Crippen LogP contribution in [0.15, 0.2) is 91.0 Å². The van der Waals surface area contributed by atoms with Crippen molar-refractivity contribution in [2.24, 2.45) is 0 Å². The predicted molar refractivity (Wildman–Crippen MR) is 143 cm³/mol. The molecular formula is C30H23N5. The van der Waals surface area contributed by atoms with E-state index in [4.69, 9.17) is 15.0 Å². The van der Waals surface area contributed by atoms with E-state index in [2.05, 4.69) is 89.7 Å². The van der Waals surface area contributed by atoms with E-state index in [1.54, 1.807) is 0 Å². The summed E-state index contributed by atoms with van der Waals surface area (Å²) in [6.45, 7) is 5.21. The average molecular weight is 454 g/mol. The Hall–Kier alpha value is -4.51. The normalized spacial score (nSPS) is 11.8. The lowest BCUT2D eigenvalue weighted by Gasteiger charge is -2.10. The van der Waals surface area contributed by atoms with Crippen LogP contribution >= 0.6 is 0 Å². The van der Waals surface area contributed by atoms with E-state index in [-0.39, 0.29) is 0 Å². The van der Waals surface area contributed by atoms with Gasteiger partial charge in [0, 0.05) is 33.9 Å². The molecule has 0 spiro atoms. The number of nitrogens with zero attached hydrogens (tertiary/aromatic N) is 5. The van der Waals surface area contributed by atoms with Crippen LogP contribution in [0.1, 0.15) is 12.5 Å². The minimum atomic E-state index is 0.648. The molecular weight excluding hydrogens is 430 g/mol. The number of hydrogen-bond donors (Lipinski definition) is 0. The third-order valence-electron chi connectivity index (χ3n) is 6.81. The molecule has 4 aromatic carbocycles. The maximum absolute atomic E-state index is 5.01. The summed E-state index contributed by atoms with van der Waals surface area (Å²) in [6, 6.07) is 31.7. The fourth-order valence-corrected chi connectivity index (χ4v) is 5.12. The van der Waals surface area contributed by atoms with Gasteiger partial charge in [-0.1, -0.05) is 60.2 Å². The smallest absolute Gasteiger partial charge is 0.199 e. The van der Waals surface area contributed by atoms with Gasteiger partial charge >= 0.3 is 0 Å². The first-order chi connectivity index (χ1) is 17.2. The summed E-state index contributed by atoms with van der Waals surface area (Å²) in [5, 5.41) is 2.48. The van der Waals surface area contributed by atoms with Crippen LogP contribution in [-0.4, -0.2) is 24.1 Å². The van der Waals surface area contributed by atoms with E-state index < -0.39 is 0 Å². The minimum absolute atomic E-state index is 0.648. The Morgan fingerprint density at radius 2 is 1.40 bits per heavy atom. The Balaban J connectivity index is 1.58. The molecule has 7 aromatic rings. The van der Waals surface area contributed by atoms with E-state index >= 15 is 0 Å². The van der Waals surface area contributed by atoms with Crippen molar-refractivity contribution >= 4 is 44.1 Å². The molecule has 0 unspecified atom stereocenters. The zero-order valence-corrected chi connectivity index (χ0v) is 19.6. The molecule has 0 radical (unpaired) electrons. The molecule has 168 valence electrons. The Morgan fingerprint density at radius 3 is 2.20 bits per heavy atom. The van der Waals surface area contributed by atoms with Crippen molar-refractivity contribution in [1.82, 2.24) is 24.1 Å². The molecule has 0 bridgehead atoms. The lowest BCUT2D eigenvalue weighted by atomic mass is 10.1. The molecule has 5 heteroatoms. The third kappa shape index (κ3) is 2.98. The molecule has 5 nitrogen and oxygen atoms in total. The van der Waals surface area contributed by atoms with Crippen molar-refractivity contribution in [3.63, 3.8) is 0 Å². The Bertz CT molecular complexity index is 1890. The summed E-state index contributed by atoms with van der Waals surface area (Å²) in [6.07, 6.45) is 0. The van der Waals surface area contributed by atoms with Gasteiger partial charge in [-0.05, 0) is 50.2 Å². The predicted octanol–water partition coefficient (Wildman–Crippen LogP) is 7.07. The molecule has 0 saturated heterocycles. The van der Waals surface area contributed by atoms with E-state index in [1.807, 2.05) is 24.3 Å². The highest BCUT2D eigenvalue weighted by atomic mass is 15.2. The van der Waals surface area contributed by atoms with Crippen LogP contribution in [0.4, 0.5) is 0 Å². The summed E-state index contributed by atoms with van der Waals surface area (Å²) in [4.78, 5) is 14.9. The van der Waals surface area contributed by atoms with Crippen molar-refractivity contribution in [1.29, 1.82) is 0 Å². The molecule has 0 atom stereocenters. The number of benzene rings is 4. The third-order valence-corrected chi connectivity index (χ3v) is 6.81. The van der Waals surface area contributed by atoms with Gasteiger partial charge in [0.15, 0.2) is 11.3 Å². The second-order valence-corrected chi connectivity index (χ2v) is 8.96. The van der Waals surface area contributed by atoms with Gasteiger partial charge in [0.25, 0.3) is 0 Å². The number of imidazole rings is 1. The van der Waals surface area contributed by atoms with E-state index in [1.165, 1.54) is 27.4 Å². The van der Waals surface area contributed by atoms with Crippen molar-refractivity contribution in [2.75, 3.05) is 0 Å². The highest BCUT2D eigenvalue weighted by molar-refractivity contribution is 6.08. The van der Waals surface area contributed by atoms with Crippen LogP contribution in [0.2, 0.25) is 0 Å². The Labute approximate surface area is 202 Å². The summed E-state index contributed by atoms with van der Waals surface area (Å²) in [5.74, 6) is 0.842. The van der Waals surface area contributed by atoms with E-state index in [9.17, 15) is 0 Å². The van der Waals surface area contributed by atoms with Crippen molar-refractivity contribution < 1.29 is 0 Å². The van der Waals surface area contributed by atoms with E-state index in [0.717, 1.165) is 40.3 Å². The summed E-state index contributed by atoms with van der Waals surface area (Å²) >= 11 is 0. The maximum Gasteiger partial charge on any atom is 0.199 e. The molecule has 35 heavy (non-hydrogen) atoms. The highest BCUT2D eigenvalue weighted by Crippen LogP contribution is 2.34. The summed E-state index contributed by atoms with van der Waals surface area (Å²) in [5.41, 5.74) is 8.88. The van der Waals surface area contributed by atoms with Crippen molar-refractivity contribution in [2.45, 2.75) is 20.4 Å². The van der Waals surface area contributed by atoms with Crippen LogP contribution in [0, 0.1) is 6.92 Å². The fraction of sp³-hybridized carbons (Fsp3) is 0.100. The van der Waals surface area contributed by atoms with Gasteiger partial charge in [0.05, 0.1) is 16.7 Å². The topological polar surface area (TPSA) is 48.5 Å². The molecule has 0 aliphatic carbocycles. The zero-order chi connectivity index (χ0) is 23.5. The van der Waals surface area contributed by atoms with Crippen LogP contribution in [0.3, 0.4) is 0 Å². The molecule has 7 rings (SSSR count). The summed E-state index contributed by atoms with van der Waals surface area (Å²) in [7, 11) is 0.